The second-order valence-corrected chi connectivity index (χ2v) is 11.2. The van der Waals surface area contributed by atoms with Crippen molar-refractivity contribution in [3.05, 3.63) is 41.5 Å². The summed E-state index contributed by atoms with van der Waals surface area (Å²) in [6.07, 6.45) is 1.55. The van der Waals surface area contributed by atoms with Gasteiger partial charge < -0.3 is 15.1 Å². The summed E-state index contributed by atoms with van der Waals surface area (Å²) in [5, 5.41) is 2.85. The molecule has 2 aliphatic rings. The monoisotopic (exact) mass is 475 g/mol. The number of hydrogen-bond donors (Lipinski definition) is 1. The van der Waals surface area contributed by atoms with E-state index in [1.165, 1.54) is 24.3 Å². The maximum atomic E-state index is 13.2. The molecule has 0 spiro atoms. The van der Waals surface area contributed by atoms with Crippen molar-refractivity contribution >= 4 is 27.4 Å². The number of aromatic nitrogens is 2. The molecule has 0 saturated carbocycles. The van der Waals surface area contributed by atoms with Gasteiger partial charge in [0.2, 0.25) is 5.91 Å². The largest absolute Gasteiger partial charge is 0.365 e. The van der Waals surface area contributed by atoms with E-state index in [9.17, 15) is 17.6 Å². The molecule has 1 N–H and O–H groups in total. The van der Waals surface area contributed by atoms with Gasteiger partial charge in [-0.1, -0.05) is 0 Å². The minimum Gasteiger partial charge on any atom is -0.365 e. The fourth-order valence-electron chi connectivity index (χ4n) is 4.38. The van der Waals surface area contributed by atoms with Crippen LogP contribution in [0.25, 0.3) is 0 Å². The van der Waals surface area contributed by atoms with Crippen molar-refractivity contribution in [3.8, 4) is 0 Å². The van der Waals surface area contributed by atoms with Crippen LogP contribution in [0.3, 0.4) is 0 Å². The number of amides is 1. The minimum absolute atomic E-state index is 0.0141. The molecule has 0 aliphatic carbocycles. The SMILES string of the molecule is CC(=O)N1CCc2nc(NC(C)C)c(N3CCC(S(=O)(=O)c4ccc(F)cc4)CC3)nc2C1. The quantitative estimate of drug-likeness (QED) is 0.665. The molecule has 2 aliphatic heterocycles. The fourth-order valence-corrected chi connectivity index (χ4v) is 6.11. The van der Waals surface area contributed by atoms with E-state index in [0.717, 1.165) is 11.4 Å². The highest BCUT2D eigenvalue weighted by molar-refractivity contribution is 7.92. The number of sulfone groups is 1. The Hall–Kier alpha value is -2.75. The van der Waals surface area contributed by atoms with Gasteiger partial charge in [0.15, 0.2) is 21.5 Å². The second kappa shape index (κ2) is 9.24. The summed E-state index contributed by atoms with van der Waals surface area (Å²) in [5.41, 5.74) is 1.69. The molecule has 178 valence electrons. The van der Waals surface area contributed by atoms with Gasteiger partial charge in [0, 0.05) is 39.0 Å². The van der Waals surface area contributed by atoms with Crippen LogP contribution in [0.1, 0.15) is 45.0 Å². The standard InChI is InChI=1S/C23H30FN5O3S/c1-15(2)25-22-23(27-21-14-29(16(3)30)13-10-20(21)26-22)28-11-8-19(9-12-28)33(31,32)18-6-4-17(24)5-7-18/h4-7,15,19H,8-14H2,1-3H3,(H,25,26). The predicted octanol–water partition coefficient (Wildman–Crippen LogP) is 2.78. The lowest BCUT2D eigenvalue weighted by molar-refractivity contribution is -0.129. The molecule has 1 aromatic carbocycles. The van der Waals surface area contributed by atoms with Crippen LogP contribution in [-0.2, 0) is 27.6 Å². The molecule has 1 fully saturated rings. The van der Waals surface area contributed by atoms with E-state index in [1.807, 2.05) is 13.8 Å². The summed E-state index contributed by atoms with van der Waals surface area (Å²) in [7, 11) is -3.53. The summed E-state index contributed by atoms with van der Waals surface area (Å²) >= 11 is 0. The molecule has 3 heterocycles. The molecule has 0 unspecified atom stereocenters. The van der Waals surface area contributed by atoms with E-state index in [2.05, 4.69) is 10.2 Å². The van der Waals surface area contributed by atoms with Gasteiger partial charge in [0.25, 0.3) is 0 Å². The third kappa shape index (κ3) is 4.95. The molecule has 1 amide bonds. The Morgan fingerprint density at radius 2 is 1.76 bits per heavy atom. The normalized spacial score (nSPS) is 17.2. The summed E-state index contributed by atoms with van der Waals surface area (Å²) in [6, 6.07) is 5.18. The Balaban J connectivity index is 1.56. The number of piperidine rings is 1. The van der Waals surface area contributed by atoms with Crippen LogP contribution in [0.2, 0.25) is 0 Å². The molecular weight excluding hydrogens is 445 g/mol. The zero-order valence-corrected chi connectivity index (χ0v) is 20.0. The van der Waals surface area contributed by atoms with E-state index in [4.69, 9.17) is 9.97 Å². The number of fused-ring (bicyclic) bond motifs is 1. The lowest BCUT2D eigenvalue weighted by atomic mass is 10.1. The molecule has 0 bridgehead atoms. The third-order valence-electron chi connectivity index (χ3n) is 6.18. The first-order valence-corrected chi connectivity index (χ1v) is 12.9. The van der Waals surface area contributed by atoms with E-state index in [1.54, 1.807) is 11.8 Å². The van der Waals surface area contributed by atoms with Gasteiger partial charge in [-0.3, -0.25) is 4.79 Å². The van der Waals surface area contributed by atoms with Crippen LogP contribution >= 0.6 is 0 Å². The van der Waals surface area contributed by atoms with Crippen molar-refractivity contribution in [2.24, 2.45) is 0 Å². The zero-order valence-electron chi connectivity index (χ0n) is 19.2. The number of benzene rings is 1. The number of anilines is 2. The molecule has 1 saturated heterocycles. The van der Waals surface area contributed by atoms with Crippen LogP contribution in [0.5, 0.6) is 0 Å². The van der Waals surface area contributed by atoms with Gasteiger partial charge in [0.1, 0.15) is 5.82 Å². The molecule has 8 nitrogen and oxygen atoms in total. The lowest BCUT2D eigenvalue weighted by Gasteiger charge is -2.35. The summed E-state index contributed by atoms with van der Waals surface area (Å²) in [4.78, 5) is 25.6. The lowest BCUT2D eigenvalue weighted by Crippen LogP contribution is -2.41. The number of carbonyl (C=O) groups is 1. The molecule has 0 radical (unpaired) electrons. The highest BCUT2D eigenvalue weighted by atomic mass is 32.2. The zero-order chi connectivity index (χ0) is 23.8. The smallest absolute Gasteiger partial charge is 0.219 e. The van der Waals surface area contributed by atoms with Gasteiger partial charge >= 0.3 is 0 Å². The third-order valence-corrected chi connectivity index (χ3v) is 8.46. The van der Waals surface area contributed by atoms with Crippen LogP contribution in [0.15, 0.2) is 29.2 Å². The van der Waals surface area contributed by atoms with Gasteiger partial charge in [0.05, 0.1) is 28.1 Å². The van der Waals surface area contributed by atoms with E-state index < -0.39 is 20.9 Å². The summed E-state index contributed by atoms with van der Waals surface area (Å²) < 4.78 is 39.3. The molecule has 0 atom stereocenters. The first-order chi connectivity index (χ1) is 15.6. The number of nitrogens with one attached hydrogen (secondary N) is 1. The Morgan fingerprint density at radius 3 is 2.36 bits per heavy atom. The number of carbonyl (C=O) groups excluding carboxylic acids is 1. The van der Waals surface area contributed by atoms with E-state index in [-0.39, 0.29) is 16.8 Å². The molecule has 10 heteroatoms. The van der Waals surface area contributed by atoms with Crippen LogP contribution in [-0.4, -0.2) is 60.1 Å². The highest BCUT2D eigenvalue weighted by Crippen LogP contribution is 2.32. The van der Waals surface area contributed by atoms with Crippen LogP contribution in [0, 0.1) is 5.82 Å². The van der Waals surface area contributed by atoms with Crippen molar-refractivity contribution in [1.82, 2.24) is 14.9 Å². The van der Waals surface area contributed by atoms with Crippen LogP contribution in [0.4, 0.5) is 16.0 Å². The first-order valence-electron chi connectivity index (χ1n) is 11.3. The average Bonchev–Trinajstić information content (AvgIpc) is 2.78. The van der Waals surface area contributed by atoms with Gasteiger partial charge in [-0.15, -0.1) is 0 Å². The average molecular weight is 476 g/mol. The molecular formula is C23H30FN5O3S. The highest BCUT2D eigenvalue weighted by Gasteiger charge is 2.33. The summed E-state index contributed by atoms with van der Waals surface area (Å²) in [5.74, 6) is 0.953. The second-order valence-electron chi connectivity index (χ2n) is 8.96. The van der Waals surface area contributed by atoms with Crippen molar-refractivity contribution in [2.45, 2.75) is 62.8 Å². The summed E-state index contributed by atoms with van der Waals surface area (Å²) in [6.45, 7) is 7.71. The molecule has 1 aromatic heterocycles. The Bertz CT molecular complexity index is 1130. The van der Waals surface area contributed by atoms with Crippen molar-refractivity contribution < 1.29 is 17.6 Å². The molecule has 33 heavy (non-hydrogen) atoms. The van der Waals surface area contributed by atoms with E-state index in [0.29, 0.717) is 57.1 Å². The predicted molar refractivity (Wildman–Crippen MR) is 124 cm³/mol. The van der Waals surface area contributed by atoms with Crippen molar-refractivity contribution in [3.63, 3.8) is 0 Å². The maximum absolute atomic E-state index is 13.2. The first kappa shape index (κ1) is 23.4. The Kier molecular flexibility index (Phi) is 6.56. The number of halogens is 1. The number of hydrogen-bond acceptors (Lipinski definition) is 7. The Labute approximate surface area is 194 Å². The maximum Gasteiger partial charge on any atom is 0.219 e. The minimum atomic E-state index is -3.53. The Morgan fingerprint density at radius 1 is 1.09 bits per heavy atom. The van der Waals surface area contributed by atoms with E-state index >= 15 is 0 Å². The van der Waals surface area contributed by atoms with Gasteiger partial charge in [-0.05, 0) is 51.0 Å². The van der Waals surface area contributed by atoms with Gasteiger partial charge in [-0.2, -0.15) is 0 Å². The number of nitrogens with zero attached hydrogens (tertiary/aromatic N) is 4. The van der Waals surface area contributed by atoms with Gasteiger partial charge in [-0.25, -0.2) is 22.8 Å². The fraction of sp³-hybridized carbons (Fsp3) is 0.522. The number of rotatable bonds is 5. The van der Waals surface area contributed by atoms with Crippen LogP contribution < -0.4 is 10.2 Å². The molecule has 4 rings (SSSR count). The van der Waals surface area contributed by atoms with Crippen molar-refractivity contribution in [2.75, 3.05) is 29.9 Å². The topological polar surface area (TPSA) is 95.5 Å². The van der Waals surface area contributed by atoms with Crippen molar-refractivity contribution in [1.29, 1.82) is 0 Å². The molecule has 2 aromatic rings.